The molecule has 2 aromatic rings. The molecule has 0 spiro atoms. The minimum atomic E-state index is -1.52. The van der Waals surface area contributed by atoms with Crippen molar-refractivity contribution in [2.24, 2.45) is 16.6 Å². The smallest absolute Gasteiger partial charge is 0.354 e. The molecule has 172 valence electrons. The molecule has 10 heteroatoms. The summed E-state index contributed by atoms with van der Waals surface area (Å²) in [6.07, 6.45) is 2.93. The van der Waals surface area contributed by atoms with E-state index < -0.39 is 36.0 Å². The molecule has 2 atom stereocenters. The third-order valence-corrected chi connectivity index (χ3v) is 6.04. The number of amides is 1. The second kappa shape index (κ2) is 8.61. The van der Waals surface area contributed by atoms with Gasteiger partial charge in [-0.15, -0.1) is 0 Å². The van der Waals surface area contributed by atoms with Crippen molar-refractivity contribution < 1.29 is 23.1 Å². The molecule has 4 rings (SSSR count). The molecular weight excluding hydrogens is 432 g/mol. The van der Waals surface area contributed by atoms with Crippen molar-refractivity contribution in [3.05, 3.63) is 65.9 Å². The lowest BCUT2D eigenvalue weighted by Gasteiger charge is -2.32. The monoisotopic (exact) mass is 455 g/mol. The van der Waals surface area contributed by atoms with E-state index in [0.29, 0.717) is 11.1 Å². The van der Waals surface area contributed by atoms with Gasteiger partial charge in [0.15, 0.2) is 11.5 Å². The molecule has 2 aliphatic rings. The molecule has 0 saturated carbocycles. The molecule has 0 saturated heterocycles. The Morgan fingerprint density at radius 1 is 1.33 bits per heavy atom. The number of ether oxygens (including phenoxy) is 1. The van der Waals surface area contributed by atoms with Crippen LogP contribution in [0.2, 0.25) is 0 Å². The molecule has 3 heterocycles. The summed E-state index contributed by atoms with van der Waals surface area (Å²) in [5.41, 5.74) is 5.91. The maximum absolute atomic E-state index is 14.4. The summed E-state index contributed by atoms with van der Waals surface area (Å²) in [6, 6.07) is 9.96. The lowest BCUT2D eigenvalue weighted by molar-refractivity contribution is -0.137. The van der Waals surface area contributed by atoms with Gasteiger partial charge in [-0.2, -0.15) is 4.39 Å². The zero-order valence-electron chi connectivity index (χ0n) is 18.2. The summed E-state index contributed by atoms with van der Waals surface area (Å²) < 4.78 is 32.4. The first-order valence-corrected chi connectivity index (χ1v) is 10.3. The van der Waals surface area contributed by atoms with Crippen LogP contribution in [0, 0.1) is 11.9 Å². The summed E-state index contributed by atoms with van der Waals surface area (Å²) in [7, 11) is 2.74. The lowest BCUT2D eigenvalue weighted by atomic mass is 9.77. The van der Waals surface area contributed by atoms with Crippen LogP contribution in [-0.2, 0) is 19.9 Å². The Hall–Kier alpha value is -3.82. The first-order valence-electron chi connectivity index (χ1n) is 10.3. The van der Waals surface area contributed by atoms with Gasteiger partial charge in [0.1, 0.15) is 12.4 Å². The number of hydrogen-bond donors (Lipinski definition) is 1. The van der Waals surface area contributed by atoms with E-state index in [1.54, 1.807) is 42.5 Å². The van der Waals surface area contributed by atoms with Crippen molar-refractivity contribution in [2.75, 3.05) is 33.9 Å². The third kappa shape index (κ3) is 3.61. The molecule has 1 unspecified atom stereocenters. The van der Waals surface area contributed by atoms with Crippen molar-refractivity contribution in [3.63, 3.8) is 0 Å². The highest BCUT2D eigenvalue weighted by Crippen LogP contribution is 2.44. The number of aliphatic imine (C=N–C) groups is 1. The van der Waals surface area contributed by atoms with Crippen LogP contribution in [0.1, 0.15) is 5.56 Å². The Bertz CT molecular complexity index is 1170. The number of guanidine groups is 1. The van der Waals surface area contributed by atoms with Crippen LogP contribution in [0.3, 0.4) is 0 Å². The predicted molar refractivity (Wildman–Crippen MR) is 117 cm³/mol. The van der Waals surface area contributed by atoms with Gasteiger partial charge in [-0.1, -0.05) is 18.2 Å². The summed E-state index contributed by atoms with van der Waals surface area (Å²) in [5, 5.41) is 0. The highest BCUT2D eigenvalue weighted by atomic mass is 19.1. The minimum Gasteiger partial charge on any atom is -0.464 e. The van der Waals surface area contributed by atoms with Crippen molar-refractivity contribution in [1.29, 1.82) is 0 Å². The Balaban J connectivity index is 1.87. The lowest BCUT2D eigenvalue weighted by Crippen LogP contribution is -2.46. The fraction of sp³-hybridized carbons (Fsp3) is 0.304. The van der Waals surface area contributed by atoms with E-state index >= 15 is 0 Å². The number of nitrogens with two attached hydrogens (primary N) is 1. The van der Waals surface area contributed by atoms with Crippen molar-refractivity contribution in [3.8, 4) is 11.1 Å². The number of alkyl halides is 1. The molecule has 0 fully saturated rings. The van der Waals surface area contributed by atoms with E-state index in [-0.39, 0.29) is 30.3 Å². The zero-order valence-corrected chi connectivity index (χ0v) is 18.2. The van der Waals surface area contributed by atoms with Gasteiger partial charge in [-0.05, 0) is 35.4 Å². The molecule has 2 N–H and O–H groups in total. The van der Waals surface area contributed by atoms with Crippen LogP contribution >= 0.6 is 0 Å². The Morgan fingerprint density at radius 3 is 2.76 bits per heavy atom. The van der Waals surface area contributed by atoms with Crippen LogP contribution in [0.25, 0.3) is 11.1 Å². The molecule has 2 aliphatic heterocycles. The minimum absolute atomic E-state index is 0.00919. The van der Waals surface area contributed by atoms with Gasteiger partial charge in [0, 0.05) is 37.8 Å². The van der Waals surface area contributed by atoms with Gasteiger partial charge in [-0.3, -0.25) is 9.69 Å². The Kier molecular flexibility index (Phi) is 5.84. The second-order valence-corrected chi connectivity index (χ2v) is 7.81. The number of hydrogen-bond acceptors (Lipinski definition) is 7. The zero-order chi connectivity index (χ0) is 23.8. The average molecular weight is 455 g/mol. The number of likely N-dealkylation sites (N-methyl/N-ethyl adjacent to an activating group) is 1. The number of halogens is 2. The van der Waals surface area contributed by atoms with Crippen LogP contribution < -0.4 is 5.73 Å². The maximum atomic E-state index is 14.4. The van der Waals surface area contributed by atoms with Gasteiger partial charge >= 0.3 is 5.97 Å². The SMILES string of the molecule is COC(=O)C1=CC([C@]2(c3cccc(-c4cccnc4F)c3)N=C(N)N(C)C2=O)CN1CCF. The summed E-state index contributed by atoms with van der Waals surface area (Å²) in [4.78, 5) is 36.9. The van der Waals surface area contributed by atoms with E-state index in [1.165, 1.54) is 30.2 Å². The van der Waals surface area contributed by atoms with Crippen LogP contribution in [-0.4, -0.2) is 66.5 Å². The summed E-state index contributed by atoms with van der Waals surface area (Å²) in [5.74, 6) is -2.33. The van der Waals surface area contributed by atoms with Gasteiger partial charge in [0.2, 0.25) is 5.95 Å². The van der Waals surface area contributed by atoms with E-state index in [0.717, 1.165) is 0 Å². The molecule has 1 aromatic heterocycles. The van der Waals surface area contributed by atoms with E-state index in [4.69, 9.17) is 10.5 Å². The molecule has 0 radical (unpaired) electrons. The molecule has 33 heavy (non-hydrogen) atoms. The quantitative estimate of drug-likeness (QED) is 0.527. The van der Waals surface area contributed by atoms with Gasteiger partial charge in [0.05, 0.1) is 7.11 Å². The fourth-order valence-corrected chi connectivity index (χ4v) is 4.38. The highest BCUT2D eigenvalue weighted by molar-refractivity contribution is 6.07. The molecule has 1 amide bonds. The van der Waals surface area contributed by atoms with Crippen molar-refractivity contribution in [1.82, 2.24) is 14.8 Å². The number of aromatic nitrogens is 1. The number of carbonyl (C=O) groups is 2. The van der Waals surface area contributed by atoms with Gasteiger partial charge < -0.3 is 15.4 Å². The van der Waals surface area contributed by atoms with Gasteiger partial charge in [-0.25, -0.2) is 19.2 Å². The first-order chi connectivity index (χ1) is 15.8. The number of rotatable bonds is 6. The highest BCUT2D eigenvalue weighted by Gasteiger charge is 2.55. The number of carbonyl (C=O) groups excluding carboxylic acids is 2. The largest absolute Gasteiger partial charge is 0.464 e. The molecule has 0 aliphatic carbocycles. The van der Waals surface area contributed by atoms with Crippen LogP contribution in [0.15, 0.2) is 59.4 Å². The number of benzene rings is 1. The normalized spacial score (nSPS) is 22.4. The maximum Gasteiger partial charge on any atom is 0.354 e. The fourth-order valence-electron chi connectivity index (χ4n) is 4.38. The molecule has 8 nitrogen and oxygen atoms in total. The molecule has 0 bridgehead atoms. The number of nitrogens with zero attached hydrogens (tertiary/aromatic N) is 4. The van der Waals surface area contributed by atoms with Gasteiger partial charge in [0.25, 0.3) is 5.91 Å². The topological polar surface area (TPSA) is 101 Å². The van der Waals surface area contributed by atoms with E-state index in [2.05, 4.69) is 9.98 Å². The number of esters is 1. The number of pyridine rings is 1. The summed E-state index contributed by atoms with van der Waals surface area (Å²) >= 11 is 0. The second-order valence-electron chi connectivity index (χ2n) is 7.81. The number of methoxy groups -OCH3 is 1. The van der Waals surface area contributed by atoms with Crippen molar-refractivity contribution in [2.45, 2.75) is 5.54 Å². The third-order valence-electron chi connectivity index (χ3n) is 6.04. The standard InChI is InChI=1S/C23H23F2N5O3/c1-29-21(32)23(28-22(29)26,16-12-18(20(31)33-2)30(13-16)10-8-24)15-6-3-5-14(11-15)17-7-4-9-27-19(17)25/h3-7,9,11-12,16H,8,10,13H2,1-2H3,(H2,26,28)/t16?,23-/m0/s1. The van der Waals surface area contributed by atoms with E-state index in [9.17, 15) is 18.4 Å². The Morgan fingerprint density at radius 2 is 2.12 bits per heavy atom. The van der Waals surface area contributed by atoms with E-state index in [1.807, 2.05) is 0 Å². The summed E-state index contributed by atoms with van der Waals surface area (Å²) in [6.45, 7) is -0.586. The predicted octanol–water partition coefficient (Wildman–Crippen LogP) is 1.83. The Labute approximate surface area is 189 Å². The first kappa shape index (κ1) is 22.4. The van der Waals surface area contributed by atoms with Crippen LogP contribution in [0.5, 0.6) is 0 Å². The van der Waals surface area contributed by atoms with Crippen molar-refractivity contribution >= 4 is 17.8 Å². The van der Waals surface area contributed by atoms with Crippen LogP contribution in [0.4, 0.5) is 8.78 Å². The average Bonchev–Trinajstić information content (AvgIpc) is 3.34. The molecule has 1 aromatic carbocycles. The molecular formula is C23H23F2N5O3.